The zero-order valence-corrected chi connectivity index (χ0v) is 16.8. The van der Waals surface area contributed by atoms with Gasteiger partial charge in [-0.15, -0.1) is 0 Å². The molecule has 1 aromatic carbocycles. The van der Waals surface area contributed by atoms with E-state index in [9.17, 15) is 9.59 Å². The zero-order chi connectivity index (χ0) is 19.2. The fourth-order valence-corrected chi connectivity index (χ4v) is 2.23. The van der Waals surface area contributed by atoms with Crippen LogP contribution in [0, 0.1) is 5.92 Å². The third kappa shape index (κ3) is 6.86. The number of benzene rings is 1. The molecule has 1 amide bonds. The number of ether oxygens (including phenoxy) is 1. The van der Waals surface area contributed by atoms with Crippen molar-refractivity contribution < 1.29 is 14.3 Å². The highest BCUT2D eigenvalue weighted by molar-refractivity contribution is 7.80. The van der Waals surface area contributed by atoms with Crippen molar-refractivity contribution in [3.63, 3.8) is 0 Å². The summed E-state index contributed by atoms with van der Waals surface area (Å²) in [4.78, 5) is 23.6. The van der Waals surface area contributed by atoms with E-state index >= 15 is 0 Å². The summed E-state index contributed by atoms with van der Waals surface area (Å²) < 4.78 is 2.86. The van der Waals surface area contributed by atoms with Crippen molar-refractivity contribution in [1.82, 2.24) is 10.6 Å². The third-order valence-electron chi connectivity index (χ3n) is 2.99. The quantitative estimate of drug-likeness (QED) is 0.290. The molecule has 0 saturated heterocycles. The van der Waals surface area contributed by atoms with Gasteiger partial charge in [0.25, 0.3) is 0 Å². The fourth-order valence-electron chi connectivity index (χ4n) is 1.68. The highest BCUT2D eigenvalue weighted by Crippen LogP contribution is 2.29. The van der Waals surface area contributed by atoms with Crippen molar-refractivity contribution in [3.8, 4) is 0 Å². The lowest BCUT2D eigenvalue weighted by molar-refractivity contribution is -0.124. The number of anilines is 1. The van der Waals surface area contributed by atoms with Crippen LogP contribution in [0.15, 0.2) is 24.3 Å². The topological polar surface area (TPSA) is 79.5 Å². The largest absolute Gasteiger partial charge is 0.465 e. The lowest BCUT2D eigenvalue weighted by Crippen LogP contribution is -2.56. The Morgan fingerprint density at radius 2 is 1.76 bits per heavy atom. The molecule has 3 N–H and O–H groups in total. The maximum Gasteiger partial charge on any atom is 0.339 e. The minimum atomic E-state index is -1.85. The molecule has 0 fully saturated rings. The van der Waals surface area contributed by atoms with Crippen molar-refractivity contribution in [2.24, 2.45) is 5.92 Å². The number of nitrogens with one attached hydrogen (secondary N) is 3. The first kappa shape index (κ1) is 21.8. The molecule has 0 aromatic heterocycles. The van der Waals surface area contributed by atoms with E-state index in [0.29, 0.717) is 5.69 Å². The predicted molar refractivity (Wildman–Crippen MR) is 104 cm³/mol. The molecule has 1 aromatic rings. The van der Waals surface area contributed by atoms with Gasteiger partial charge in [0.15, 0.2) is 5.11 Å². The number of rotatable bonds is 5. The van der Waals surface area contributed by atoms with Crippen LogP contribution in [0.1, 0.15) is 24.2 Å². The summed E-state index contributed by atoms with van der Waals surface area (Å²) in [6.07, 6.45) is -1.07. The Morgan fingerprint density at radius 3 is 2.28 bits per heavy atom. The van der Waals surface area contributed by atoms with E-state index < -0.39 is 15.9 Å². The van der Waals surface area contributed by atoms with E-state index in [-0.39, 0.29) is 22.5 Å². The summed E-state index contributed by atoms with van der Waals surface area (Å²) in [5.41, 5.74) is 0.691. The molecule has 6 nitrogen and oxygen atoms in total. The Hall–Kier alpha value is -1.28. The lowest BCUT2D eigenvalue weighted by atomic mass is 10.2. The van der Waals surface area contributed by atoms with Crippen molar-refractivity contribution in [1.29, 1.82) is 0 Å². The monoisotopic (exact) mass is 425 g/mol. The first-order chi connectivity index (χ1) is 11.6. The maximum absolute atomic E-state index is 11.9. The molecule has 0 bridgehead atoms. The second kappa shape index (κ2) is 9.43. The van der Waals surface area contributed by atoms with Gasteiger partial charge in [-0.25, -0.2) is 4.79 Å². The van der Waals surface area contributed by atoms with Crippen LogP contribution in [0.5, 0.6) is 0 Å². The van der Waals surface area contributed by atoms with Gasteiger partial charge in [-0.3, -0.25) is 4.79 Å². The van der Waals surface area contributed by atoms with Crippen LogP contribution in [0.4, 0.5) is 5.69 Å². The fraction of sp³-hybridized carbons (Fsp3) is 0.400. The average molecular weight is 427 g/mol. The first-order valence-corrected chi connectivity index (χ1v) is 8.72. The standard InChI is InChI=1S/C15H18Cl3N3O3S/c1-8(2)11(22)20-13(15(16,17)18)21-14(25)19-10-7-5-4-6-9(10)12(23)24-3/h4-8,13H,1-3H3,(H,20,22)(H2,19,21,25). The summed E-state index contributed by atoms with van der Waals surface area (Å²) in [6, 6.07) is 6.60. The maximum atomic E-state index is 11.9. The smallest absolute Gasteiger partial charge is 0.339 e. The van der Waals surface area contributed by atoms with Crippen molar-refractivity contribution in [2.45, 2.75) is 23.8 Å². The summed E-state index contributed by atoms with van der Waals surface area (Å²) in [7, 11) is 1.27. The number of halogens is 3. The predicted octanol–water partition coefficient (Wildman–Crippen LogP) is 3.23. The Bertz CT molecular complexity index is 650. The van der Waals surface area contributed by atoms with Crippen LogP contribution >= 0.6 is 47.0 Å². The summed E-state index contributed by atoms with van der Waals surface area (Å²) >= 11 is 22.9. The van der Waals surface area contributed by atoms with E-state index in [4.69, 9.17) is 51.8 Å². The summed E-state index contributed by atoms with van der Waals surface area (Å²) in [5.74, 6) is -1.16. The van der Waals surface area contributed by atoms with Gasteiger partial charge in [-0.05, 0) is 24.4 Å². The second-order valence-corrected chi connectivity index (χ2v) is 8.05. The molecular weight excluding hydrogens is 409 g/mol. The van der Waals surface area contributed by atoms with Gasteiger partial charge in [0.1, 0.15) is 6.17 Å². The van der Waals surface area contributed by atoms with E-state index in [0.717, 1.165) is 0 Å². The summed E-state index contributed by atoms with van der Waals surface area (Å²) in [6.45, 7) is 3.40. The first-order valence-electron chi connectivity index (χ1n) is 7.18. The van der Waals surface area contributed by atoms with Crippen LogP contribution in [0.2, 0.25) is 0 Å². The van der Waals surface area contributed by atoms with Gasteiger partial charge in [-0.1, -0.05) is 60.8 Å². The van der Waals surface area contributed by atoms with Gasteiger partial charge < -0.3 is 20.7 Å². The molecule has 0 saturated carbocycles. The number of amides is 1. The second-order valence-electron chi connectivity index (χ2n) is 5.27. The van der Waals surface area contributed by atoms with Gasteiger partial charge in [0.2, 0.25) is 9.70 Å². The van der Waals surface area contributed by atoms with E-state index in [1.54, 1.807) is 38.1 Å². The molecule has 0 heterocycles. The highest BCUT2D eigenvalue weighted by atomic mass is 35.6. The minimum absolute atomic E-state index is 0.0525. The van der Waals surface area contributed by atoms with Crippen LogP contribution < -0.4 is 16.0 Å². The van der Waals surface area contributed by atoms with Crippen LogP contribution in [0.3, 0.4) is 0 Å². The van der Waals surface area contributed by atoms with E-state index in [1.807, 2.05) is 0 Å². The number of carbonyl (C=O) groups excluding carboxylic acids is 2. The van der Waals surface area contributed by atoms with Gasteiger partial charge in [0.05, 0.1) is 18.4 Å². The number of esters is 1. The number of para-hydroxylation sites is 1. The van der Waals surface area contributed by atoms with E-state index in [2.05, 4.69) is 16.0 Å². The molecule has 25 heavy (non-hydrogen) atoms. The molecule has 0 radical (unpaired) electrons. The van der Waals surface area contributed by atoms with Gasteiger partial charge in [-0.2, -0.15) is 0 Å². The molecule has 138 valence electrons. The van der Waals surface area contributed by atoms with Crippen LogP contribution in [0.25, 0.3) is 0 Å². The Morgan fingerprint density at radius 1 is 1.16 bits per heavy atom. The Balaban J connectivity index is 2.89. The number of thiocarbonyl (C=S) groups is 1. The molecule has 0 aliphatic carbocycles. The van der Waals surface area contributed by atoms with Crippen molar-refractivity contribution >= 4 is 69.7 Å². The molecule has 0 spiro atoms. The highest BCUT2D eigenvalue weighted by Gasteiger charge is 2.35. The van der Waals surface area contributed by atoms with Crippen LogP contribution in [-0.2, 0) is 9.53 Å². The molecule has 1 atom stereocenters. The molecule has 0 aliphatic heterocycles. The zero-order valence-electron chi connectivity index (χ0n) is 13.7. The van der Waals surface area contributed by atoms with Gasteiger partial charge in [0, 0.05) is 5.92 Å². The molecule has 10 heteroatoms. The van der Waals surface area contributed by atoms with Gasteiger partial charge >= 0.3 is 5.97 Å². The third-order valence-corrected chi connectivity index (χ3v) is 3.87. The van der Waals surface area contributed by atoms with Crippen LogP contribution in [-0.4, -0.2) is 34.1 Å². The number of hydrogen-bond acceptors (Lipinski definition) is 4. The molecule has 1 rings (SSSR count). The average Bonchev–Trinajstić information content (AvgIpc) is 2.52. The van der Waals surface area contributed by atoms with E-state index in [1.165, 1.54) is 7.11 Å². The number of carbonyl (C=O) groups is 2. The number of methoxy groups -OCH3 is 1. The molecule has 0 aliphatic rings. The lowest BCUT2D eigenvalue weighted by Gasteiger charge is -2.28. The normalized spacial score (nSPS) is 12.3. The molecule has 1 unspecified atom stereocenters. The number of alkyl halides is 3. The minimum Gasteiger partial charge on any atom is -0.465 e. The van der Waals surface area contributed by atoms with Crippen molar-refractivity contribution in [2.75, 3.05) is 12.4 Å². The number of hydrogen-bond donors (Lipinski definition) is 3. The Labute approximate surface area is 166 Å². The SMILES string of the molecule is COC(=O)c1ccccc1NC(=S)NC(NC(=O)C(C)C)C(Cl)(Cl)Cl. The summed E-state index contributed by atoms with van der Waals surface area (Å²) in [5, 5.41) is 8.15. The Kier molecular flexibility index (Phi) is 8.21. The van der Waals surface area contributed by atoms with Crippen molar-refractivity contribution in [3.05, 3.63) is 29.8 Å². The molecular formula is C15H18Cl3N3O3S.